The maximum Gasteiger partial charge on any atom is 0.244 e. The predicted octanol–water partition coefficient (Wildman–Crippen LogP) is 0.0841. The molecule has 0 saturated heterocycles. The smallest absolute Gasteiger partial charge is 0.244 e. The molecule has 0 aliphatic heterocycles. The molecular formula is C11H15N5O2S. The minimum absolute atomic E-state index is 0.138. The van der Waals surface area contributed by atoms with Gasteiger partial charge in [-0.15, -0.1) is 0 Å². The summed E-state index contributed by atoms with van der Waals surface area (Å²) in [5.41, 5.74) is 6.07. The van der Waals surface area contributed by atoms with Crippen molar-refractivity contribution in [3.63, 3.8) is 0 Å². The molecule has 0 spiro atoms. The number of sulfonamides is 1. The van der Waals surface area contributed by atoms with Gasteiger partial charge in [-0.25, -0.2) is 13.4 Å². The Bertz CT molecular complexity index is 622. The quantitative estimate of drug-likeness (QED) is 0.807. The predicted molar refractivity (Wildman–Crippen MR) is 69.4 cm³/mol. The van der Waals surface area contributed by atoms with E-state index >= 15 is 0 Å². The van der Waals surface area contributed by atoms with Gasteiger partial charge in [0.2, 0.25) is 10.0 Å². The highest BCUT2D eigenvalue weighted by Gasteiger charge is 2.21. The van der Waals surface area contributed by atoms with Crippen molar-refractivity contribution in [3.8, 4) is 0 Å². The lowest BCUT2D eigenvalue weighted by Gasteiger charge is -2.15. The fourth-order valence-corrected chi connectivity index (χ4v) is 2.62. The van der Waals surface area contributed by atoms with Crippen LogP contribution in [0.1, 0.15) is 11.5 Å². The van der Waals surface area contributed by atoms with Crippen molar-refractivity contribution < 1.29 is 8.42 Å². The van der Waals surface area contributed by atoms with Gasteiger partial charge in [-0.3, -0.25) is 4.98 Å². The summed E-state index contributed by atoms with van der Waals surface area (Å²) < 4.78 is 25.8. The molecule has 0 aliphatic carbocycles. The van der Waals surface area contributed by atoms with Crippen LogP contribution >= 0.6 is 0 Å². The van der Waals surface area contributed by atoms with Gasteiger partial charge in [0.25, 0.3) is 0 Å². The van der Waals surface area contributed by atoms with Crippen LogP contribution in [0.5, 0.6) is 0 Å². The van der Waals surface area contributed by atoms with Crippen LogP contribution in [-0.4, -0.2) is 34.7 Å². The Hall–Kier alpha value is -1.77. The molecule has 0 saturated carbocycles. The largest absolute Gasteiger partial charge is 0.347 e. The molecule has 2 rings (SSSR count). The van der Waals surface area contributed by atoms with Crippen molar-refractivity contribution >= 4 is 10.0 Å². The summed E-state index contributed by atoms with van der Waals surface area (Å²) in [6.45, 7) is 0.455. The highest BCUT2D eigenvalue weighted by atomic mass is 32.2. The van der Waals surface area contributed by atoms with Gasteiger partial charge in [0.15, 0.2) is 0 Å². The van der Waals surface area contributed by atoms with E-state index in [0.29, 0.717) is 11.5 Å². The summed E-state index contributed by atoms with van der Waals surface area (Å²) in [4.78, 5) is 11.0. The van der Waals surface area contributed by atoms with Crippen LogP contribution in [0.25, 0.3) is 0 Å². The lowest BCUT2D eigenvalue weighted by molar-refractivity contribution is 0.458. The third kappa shape index (κ3) is 2.98. The number of hydrogen-bond donors (Lipinski definition) is 2. The van der Waals surface area contributed by atoms with Gasteiger partial charge in [-0.2, -0.15) is 4.31 Å². The monoisotopic (exact) mass is 281 g/mol. The average molecular weight is 281 g/mol. The molecule has 19 heavy (non-hydrogen) atoms. The fourth-order valence-electron chi connectivity index (χ4n) is 1.54. The van der Waals surface area contributed by atoms with E-state index in [0.717, 1.165) is 0 Å². The normalized spacial score (nSPS) is 11.9. The van der Waals surface area contributed by atoms with Gasteiger partial charge in [0.05, 0.1) is 12.2 Å². The fraction of sp³-hybridized carbons (Fsp3) is 0.273. The van der Waals surface area contributed by atoms with Crippen LogP contribution < -0.4 is 5.73 Å². The molecule has 0 atom stereocenters. The first-order valence-electron chi connectivity index (χ1n) is 5.63. The van der Waals surface area contributed by atoms with Gasteiger partial charge in [0, 0.05) is 32.2 Å². The Kier molecular flexibility index (Phi) is 3.93. The van der Waals surface area contributed by atoms with E-state index in [2.05, 4.69) is 15.0 Å². The van der Waals surface area contributed by atoms with Crippen molar-refractivity contribution in [2.45, 2.75) is 18.0 Å². The van der Waals surface area contributed by atoms with Gasteiger partial charge < -0.3 is 10.7 Å². The van der Waals surface area contributed by atoms with Gasteiger partial charge in [-0.1, -0.05) is 0 Å². The number of aromatic amines is 1. The number of nitrogens with one attached hydrogen (secondary N) is 1. The second kappa shape index (κ2) is 5.47. The summed E-state index contributed by atoms with van der Waals surface area (Å²) in [6, 6.07) is 3.11. The molecule has 2 heterocycles. The number of H-pyrrole nitrogens is 1. The van der Waals surface area contributed by atoms with E-state index in [4.69, 9.17) is 5.73 Å². The van der Waals surface area contributed by atoms with Crippen LogP contribution in [0.4, 0.5) is 0 Å². The molecule has 0 fully saturated rings. The number of hydrogen-bond acceptors (Lipinski definition) is 5. The highest BCUT2D eigenvalue weighted by Crippen LogP contribution is 2.14. The molecule has 0 unspecified atom stereocenters. The van der Waals surface area contributed by atoms with Crippen LogP contribution in [0, 0.1) is 0 Å². The van der Waals surface area contributed by atoms with E-state index in [1.165, 1.54) is 23.6 Å². The molecule has 0 amide bonds. The second-order valence-corrected chi connectivity index (χ2v) is 6.03. The van der Waals surface area contributed by atoms with E-state index in [1.807, 2.05) is 0 Å². The molecule has 102 valence electrons. The molecule has 7 nitrogen and oxygen atoms in total. The zero-order valence-corrected chi connectivity index (χ0v) is 11.3. The summed E-state index contributed by atoms with van der Waals surface area (Å²) in [5.74, 6) is 0.581. The van der Waals surface area contributed by atoms with Crippen LogP contribution in [-0.2, 0) is 23.1 Å². The number of pyridine rings is 1. The Morgan fingerprint density at radius 1 is 1.37 bits per heavy atom. The Labute approximate surface area is 111 Å². The van der Waals surface area contributed by atoms with Crippen molar-refractivity contribution in [2.75, 3.05) is 7.05 Å². The summed E-state index contributed by atoms with van der Waals surface area (Å²) >= 11 is 0. The third-order valence-corrected chi connectivity index (χ3v) is 4.43. The van der Waals surface area contributed by atoms with Crippen molar-refractivity contribution in [1.82, 2.24) is 19.3 Å². The topological polar surface area (TPSA) is 105 Å². The van der Waals surface area contributed by atoms with E-state index in [1.54, 1.807) is 18.5 Å². The Balaban J connectivity index is 2.20. The van der Waals surface area contributed by atoms with E-state index in [-0.39, 0.29) is 18.0 Å². The standard InChI is InChI=1S/C11H15N5O2S/c1-16(8-11-13-4-5-14-11)19(17,18)10-3-2-9(6-12)15-7-10/h2-5,7H,6,8,12H2,1H3,(H,13,14). The molecule has 2 aromatic rings. The molecule has 0 radical (unpaired) electrons. The number of aromatic nitrogens is 3. The van der Waals surface area contributed by atoms with Gasteiger partial charge >= 0.3 is 0 Å². The highest BCUT2D eigenvalue weighted by molar-refractivity contribution is 7.89. The zero-order chi connectivity index (χ0) is 13.9. The Morgan fingerprint density at radius 3 is 2.68 bits per heavy atom. The SMILES string of the molecule is CN(Cc1ncc[nH]1)S(=O)(=O)c1ccc(CN)nc1. The number of rotatable bonds is 5. The lowest BCUT2D eigenvalue weighted by atomic mass is 10.4. The maximum atomic E-state index is 12.3. The minimum atomic E-state index is -3.57. The average Bonchev–Trinajstić information content (AvgIpc) is 2.91. The third-order valence-electron chi connectivity index (χ3n) is 2.64. The number of nitrogens with two attached hydrogens (primary N) is 1. The number of nitrogens with zero attached hydrogens (tertiary/aromatic N) is 3. The second-order valence-electron chi connectivity index (χ2n) is 3.99. The molecule has 0 aromatic carbocycles. The molecule has 3 N–H and O–H groups in total. The molecule has 2 aromatic heterocycles. The van der Waals surface area contributed by atoms with Gasteiger partial charge in [-0.05, 0) is 12.1 Å². The lowest BCUT2D eigenvalue weighted by Crippen LogP contribution is -2.27. The van der Waals surface area contributed by atoms with E-state index < -0.39 is 10.0 Å². The van der Waals surface area contributed by atoms with Gasteiger partial charge in [0.1, 0.15) is 10.7 Å². The van der Waals surface area contributed by atoms with Crippen molar-refractivity contribution in [3.05, 3.63) is 42.2 Å². The van der Waals surface area contributed by atoms with Crippen molar-refractivity contribution in [1.29, 1.82) is 0 Å². The van der Waals surface area contributed by atoms with Crippen molar-refractivity contribution in [2.24, 2.45) is 5.73 Å². The molecule has 0 aliphatic rings. The first-order chi connectivity index (χ1) is 9.04. The first-order valence-corrected chi connectivity index (χ1v) is 7.07. The summed E-state index contributed by atoms with van der Waals surface area (Å²) in [5, 5.41) is 0. The van der Waals surface area contributed by atoms with Crippen LogP contribution in [0.2, 0.25) is 0 Å². The molecule has 0 bridgehead atoms. The number of imidazole rings is 1. The molecule has 8 heteroatoms. The first kappa shape index (κ1) is 13.7. The molecular weight excluding hydrogens is 266 g/mol. The minimum Gasteiger partial charge on any atom is -0.347 e. The Morgan fingerprint density at radius 2 is 2.16 bits per heavy atom. The maximum absolute atomic E-state index is 12.3. The summed E-state index contributed by atoms with van der Waals surface area (Å²) in [6.07, 6.45) is 4.54. The summed E-state index contributed by atoms with van der Waals surface area (Å²) in [7, 11) is -2.08. The van der Waals surface area contributed by atoms with Crippen LogP contribution in [0.3, 0.4) is 0 Å². The van der Waals surface area contributed by atoms with Crippen LogP contribution in [0.15, 0.2) is 35.6 Å². The van der Waals surface area contributed by atoms with E-state index in [9.17, 15) is 8.42 Å². The zero-order valence-electron chi connectivity index (χ0n) is 10.4.